The van der Waals surface area contributed by atoms with Gasteiger partial charge in [0.25, 0.3) is 0 Å². The minimum Gasteiger partial charge on any atom is -0.497 e. The van der Waals surface area contributed by atoms with Gasteiger partial charge in [0.05, 0.1) is 32.1 Å². The van der Waals surface area contributed by atoms with Crippen LogP contribution in [0.1, 0.15) is 19.3 Å². The lowest BCUT2D eigenvalue weighted by atomic mass is 10.2. The fourth-order valence-corrected chi connectivity index (χ4v) is 2.24. The summed E-state index contributed by atoms with van der Waals surface area (Å²) >= 11 is 0. The molecular weight excluding hydrogens is 218 g/mol. The topological polar surface area (TPSA) is 50.7 Å². The fourth-order valence-electron chi connectivity index (χ4n) is 2.24. The van der Waals surface area contributed by atoms with Crippen LogP contribution < -0.4 is 14.8 Å². The number of aliphatic hydroxyl groups is 1. The third-order valence-corrected chi connectivity index (χ3v) is 3.23. The molecule has 0 aliphatic heterocycles. The van der Waals surface area contributed by atoms with Crippen LogP contribution in [0.4, 0.5) is 5.69 Å². The molecule has 0 radical (unpaired) electrons. The van der Waals surface area contributed by atoms with E-state index in [0.717, 1.165) is 36.4 Å². The highest BCUT2D eigenvalue weighted by molar-refractivity contribution is 5.60. The summed E-state index contributed by atoms with van der Waals surface area (Å²) in [4.78, 5) is 0. The maximum Gasteiger partial charge on any atom is 0.142 e. The Morgan fingerprint density at radius 3 is 2.65 bits per heavy atom. The zero-order valence-corrected chi connectivity index (χ0v) is 10.3. The van der Waals surface area contributed by atoms with Crippen LogP contribution in [0.5, 0.6) is 11.5 Å². The minimum absolute atomic E-state index is 0.107. The summed E-state index contributed by atoms with van der Waals surface area (Å²) in [5, 5.41) is 13.1. The SMILES string of the molecule is COc1ccc(OC)c(N[C@H]2CCC[C@@H]2O)c1. The monoisotopic (exact) mass is 237 g/mol. The van der Waals surface area contributed by atoms with E-state index in [4.69, 9.17) is 9.47 Å². The average molecular weight is 237 g/mol. The molecule has 1 aliphatic rings. The molecule has 4 heteroatoms. The Morgan fingerprint density at radius 1 is 1.24 bits per heavy atom. The first-order valence-corrected chi connectivity index (χ1v) is 5.91. The number of rotatable bonds is 4. The van der Waals surface area contributed by atoms with Gasteiger partial charge in [0.15, 0.2) is 0 Å². The summed E-state index contributed by atoms with van der Waals surface area (Å²) in [7, 11) is 3.27. The van der Waals surface area contributed by atoms with E-state index >= 15 is 0 Å². The Bertz CT molecular complexity index is 381. The summed E-state index contributed by atoms with van der Waals surface area (Å²) in [5.74, 6) is 1.55. The first-order valence-electron chi connectivity index (χ1n) is 5.91. The van der Waals surface area contributed by atoms with Crippen LogP contribution in [0.3, 0.4) is 0 Å². The minimum atomic E-state index is -0.272. The van der Waals surface area contributed by atoms with Gasteiger partial charge in [0, 0.05) is 6.07 Å². The summed E-state index contributed by atoms with van der Waals surface area (Å²) in [6, 6.07) is 5.72. The maximum atomic E-state index is 9.81. The van der Waals surface area contributed by atoms with Gasteiger partial charge in [-0.1, -0.05) is 0 Å². The van der Waals surface area contributed by atoms with Crippen LogP contribution in [-0.4, -0.2) is 31.5 Å². The largest absolute Gasteiger partial charge is 0.497 e. The van der Waals surface area contributed by atoms with Crippen molar-refractivity contribution in [3.05, 3.63) is 18.2 Å². The Hall–Kier alpha value is -1.42. The van der Waals surface area contributed by atoms with Gasteiger partial charge >= 0.3 is 0 Å². The molecule has 0 heterocycles. The summed E-state index contributed by atoms with van der Waals surface area (Å²) in [6.45, 7) is 0. The number of anilines is 1. The van der Waals surface area contributed by atoms with Crippen molar-refractivity contribution >= 4 is 5.69 Å². The molecule has 94 valence electrons. The van der Waals surface area contributed by atoms with Crippen LogP contribution in [-0.2, 0) is 0 Å². The zero-order chi connectivity index (χ0) is 12.3. The lowest BCUT2D eigenvalue weighted by Crippen LogP contribution is -2.28. The highest BCUT2D eigenvalue weighted by Gasteiger charge is 2.25. The van der Waals surface area contributed by atoms with Crippen LogP contribution in [0.25, 0.3) is 0 Å². The molecule has 1 aromatic rings. The number of hydrogen-bond acceptors (Lipinski definition) is 4. The summed E-state index contributed by atoms with van der Waals surface area (Å²) in [6.07, 6.45) is 2.64. The van der Waals surface area contributed by atoms with Crippen LogP contribution in [0.15, 0.2) is 18.2 Å². The van der Waals surface area contributed by atoms with Crippen LogP contribution >= 0.6 is 0 Å². The van der Waals surface area contributed by atoms with Gasteiger partial charge in [0.2, 0.25) is 0 Å². The van der Waals surface area contributed by atoms with Crippen molar-refractivity contribution < 1.29 is 14.6 Å². The van der Waals surface area contributed by atoms with Crippen molar-refractivity contribution in [2.45, 2.75) is 31.4 Å². The molecule has 0 bridgehead atoms. The smallest absolute Gasteiger partial charge is 0.142 e. The number of hydrogen-bond donors (Lipinski definition) is 2. The van der Waals surface area contributed by atoms with Gasteiger partial charge in [-0.05, 0) is 31.4 Å². The molecule has 0 aromatic heterocycles. The number of nitrogens with one attached hydrogen (secondary N) is 1. The number of methoxy groups -OCH3 is 2. The van der Waals surface area contributed by atoms with Gasteiger partial charge in [-0.25, -0.2) is 0 Å². The Labute approximate surface area is 102 Å². The Morgan fingerprint density at radius 2 is 2.06 bits per heavy atom. The van der Waals surface area contributed by atoms with Crippen molar-refractivity contribution in [2.75, 3.05) is 19.5 Å². The van der Waals surface area contributed by atoms with E-state index in [1.165, 1.54) is 0 Å². The van der Waals surface area contributed by atoms with E-state index in [2.05, 4.69) is 5.32 Å². The molecule has 2 rings (SSSR count). The lowest BCUT2D eigenvalue weighted by molar-refractivity contribution is 0.171. The first kappa shape index (κ1) is 12.0. The number of aliphatic hydroxyl groups excluding tert-OH is 1. The van der Waals surface area contributed by atoms with Gasteiger partial charge in [-0.3, -0.25) is 0 Å². The molecule has 0 amide bonds. The summed E-state index contributed by atoms with van der Waals surface area (Å²) < 4.78 is 10.5. The van der Waals surface area contributed by atoms with E-state index in [-0.39, 0.29) is 12.1 Å². The zero-order valence-electron chi connectivity index (χ0n) is 10.3. The van der Waals surface area contributed by atoms with Gasteiger partial charge in [-0.15, -0.1) is 0 Å². The molecule has 0 spiro atoms. The molecule has 1 saturated carbocycles. The predicted molar refractivity (Wildman–Crippen MR) is 66.8 cm³/mol. The van der Waals surface area contributed by atoms with Crippen molar-refractivity contribution in [3.63, 3.8) is 0 Å². The fraction of sp³-hybridized carbons (Fsp3) is 0.538. The standard InChI is InChI=1S/C13H19NO3/c1-16-9-6-7-13(17-2)11(8-9)14-10-4-3-5-12(10)15/h6-8,10,12,14-15H,3-5H2,1-2H3/t10-,12-/m0/s1. The van der Waals surface area contributed by atoms with E-state index in [0.29, 0.717) is 0 Å². The second-order valence-electron chi connectivity index (χ2n) is 4.32. The third kappa shape index (κ3) is 2.64. The highest BCUT2D eigenvalue weighted by atomic mass is 16.5. The van der Waals surface area contributed by atoms with E-state index in [1.54, 1.807) is 14.2 Å². The van der Waals surface area contributed by atoms with Gasteiger partial charge in [0.1, 0.15) is 11.5 Å². The molecule has 0 unspecified atom stereocenters. The number of benzene rings is 1. The molecule has 1 fully saturated rings. The lowest BCUT2D eigenvalue weighted by Gasteiger charge is -2.20. The predicted octanol–water partition coefficient (Wildman–Crippen LogP) is 2.03. The van der Waals surface area contributed by atoms with Crippen LogP contribution in [0, 0.1) is 0 Å². The number of ether oxygens (including phenoxy) is 2. The second-order valence-corrected chi connectivity index (χ2v) is 4.32. The molecule has 17 heavy (non-hydrogen) atoms. The summed E-state index contributed by atoms with van der Waals surface area (Å²) in [5.41, 5.74) is 0.873. The van der Waals surface area contributed by atoms with Crippen molar-refractivity contribution in [1.82, 2.24) is 0 Å². The highest BCUT2D eigenvalue weighted by Crippen LogP contribution is 2.32. The maximum absolute atomic E-state index is 9.81. The quantitative estimate of drug-likeness (QED) is 0.841. The van der Waals surface area contributed by atoms with Crippen molar-refractivity contribution in [3.8, 4) is 11.5 Å². The first-order chi connectivity index (χ1) is 8.24. The van der Waals surface area contributed by atoms with Crippen molar-refractivity contribution in [1.29, 1.82) is 0 Å². The molecule has 0 saturated heterocycles. The van der Waals surface area contributed by atoms with E-state index < -0.39 is 0 Å². The van der Waals surface area contributed by atoms with Gasteiger partial charge in [-0.2, -0.15) is 0 Å². The third-order valence-electron chi connectivity index (χ3n) is 3.23. The normalized spacial score (nSPS) is 23.5. The van der Waals surface area contributed by atoms with Crippen molar-refractivity contribution in [2.24, 2.45) is 0 Å². The Kier molecular flexibility index (Phi) is 3.74. The van der Waals surface area contributed by atoms with E-state index in [9.17, 15) is 5.11 Å². The van der Waals surface area contributed by atoms with E-state index in [1.807, 2.05) is 18.2 Å². The average Bonchev–Trinajstić information content (AvgIpc) is 2.75. The Balaban J connectivity index is 2.17. The molecule has 4 nitrogen and oxygen atoms in total. The molecular formula is C13H19NO3. The van der Waals surface area contributed by atoms with Crippen LogP contribution in [0.2, 0.25) is 0 Å². The molecule has 1 aliphatic carbocycles. The molecule has 1 aromatic carbocycles. The second kappa shape index (κ2) is 5.27. The van der Waals surface area contributed by atoms with Gasteiger partial charge < -0.3 is 19.9 Å². The molecule has 2 atom stereocenters. The molecule has 2 N–H and O–H groups in total.